The van der Waals surface area contributed by atoms with Crippen LogP contribution in [-0.2, 0) is 0 Å². The fourth-order valence-corrected chi connectivity index (χ4v) is 2.72. The van der Waals surface area contributed by atoms with E-state index in [2.05, 4.69) is 9.97 Å². The lowest BCUT2D eigenvalue weighted by atomic mass is 10.2. The van der Waals surface area contributed by atoms with Gasteiger partial charge in [0.25, 0.3) is 0 Å². The minimum absolute atomic E-state index is 0.654. The van der Waals surface area contributed by atoms with E-state index in [1.54, 1.807) is 18.3 Å². The number of pyridine rings is 1. The van der Waals surface area contributed by atoms with Crippen molar-refractivity contribution in [1.82, 2.24) is 9.97 Å². The molecule has 0 aliphatic carbocycles. The lowest BCUT2D eigenvalue weighted by Gasteiger charge is -2.01. The Hall–Kier alpha value is -1.65. The average molecular weight is 262 g/mol. The number of hydrogen-bond acceptors (Lipinski definition) is 4. The highest BCUT2D eigenvalue weighted by Crippen LogP contribution is 2.33. The van der Waals surface area contributed by atoms with Gasteiger partial charge >= 0.3 is 0 Å². The van der Waals surface area contributed by atoms with E-state index in [9.17, 15) is 0 Å². The number of nitrogens with zero attached hydrogens (tertiary/aromatic N) is 2. The van der Waals surface area contributed by atoms with Gasteiger partial charge in [-0.3, -0.25) is 0 Å². The molecule has 3 nitrogen and oxygen atoms in total. The highest BCUT2D eigenvalue weighted by atomic mass is 35.5. The second kappa shape index (κ2) is 3.98. The molecule has 0 aliphatic rings. The molecular weight excluding hydrogens is 254 g/mol. The Morgan fingerprint density at radius 1 is 1.24 bits per heavy atom. The molecular formula is C12H8ClN3S. The number of rotatable bonds is 1. The van der Waals surface area contributed by atoms with Gasteiger partial charge in [-0.05, 0) is 30.3 Å². The monoisotopic (exact) mass is 261 g/mol. The van der Waals surface area contributed by atoms with Gasteiger partial charge < -0.3 is 5.73 Å². The Balaban J connectivity index is 2.23. The molecule has 17 heavy (non-hydrogen) atoms. The zero-order valence-electron chi connectivity index (χ0n) is 8.72. The van der Waals surface area contributed by atoms with Gasteiger partial charge in [0.05, 0.1) is 0 Å². The summed E-state index contributed by atoms with van der Waals surface area (Å²) in [7, 11) is 0. The van der Waals surface area contributed by atoms with Crippen molar-refractivity contribution in [3.63, 3.8) is 0 Å². The number of fused-ring (bicyclic) bond motifs is 1. The van der Waals surface area contributed by atoms with Crippen LogP contribution in [0.15, 0.2) is 36.5 Å². The molecule has 2 heterocycles. The normalized spacial score (nSPS) is 10.9. The van der Waals surface area contributed by atoms with Crippen LogP contribution in [0.25, 0.3) is 20.9 Å². The van der Waals surface area contributed by atoms with Crippen LogP contribution in [0.3, 0.4) is 0 Å². The Bertz CT molecular complexity index is 660. The molecule has 0 unspecified atom stereocenters. The zero-order chi connectivity index (χ0) is 11.8. The summed E-state index contributed by atoms with van der Waals surface area (Å²) in [5.74, 6) is 0. The van der Waals surface area contributed by atoms with E-state index in [0.717, 1.165) is 20.9 Å². The summed E-state index contributed by atoms with van der Waals surface area (Å²) in [5, 5.41) is 1.50. The number of nitrogens with two attached hydrogens (primary N) is 1. The average Bonchev–Trinajstić information content (AvgIpc) is 2.75. The van der Waals surface area contributed by atoms with Crippen molar-refractivity contribution in [2.75, 3.05) is 5.73 Å². The first-order valence-electron chi connectivity index (χ1n) is 5.01. The molecule has 0 aliphatic heterocycles. The maximum absolute atomic E-state index is 5.97. The Labute approximate surface area is 107 Å². The van der Waals surface area contributed by atoms with Crippen LogP contribution < -0.4 is 5.73 Å². The number of benzene rings is 1. The summed E-state index contributed by atoms with van der Waals surface area (Å²) in [5.41, 5.74) is 8.35. The van der Waals surface area contributed by atoms with Crippen molar-refractivity contribution < 1.29 is 0 Å². The molecule has 2 aromatic heterocycles. The van der Waals surface area contributed by atoms with E-state index < -0.39 is 0 Å². The number of anilines is 1. The van der Waals surface area contributed by atoms with Crippen molar-refractivity contribution in [3.05, 3.63) is 41.6 Å². The number of hydrogen-bond donors (Lipinski definition) is 1. The van der Waals surface area contributed by atoms with Crippen LogP contribution in [0.5, 0.6) is 0 Å². The van der Waals surface area contributed by atoms with Gasteiger partial charge in [0.15, 0.2) is 0 Å². The molecule has 0 saturated carbocycles. The molecule has 3 aromatic rings. The summed E-state index contributed by atoms with van der Waals surface area (Å²) in [6.07, 6.45) is 1.76. The van der Waals surface area contributed by atoms with Crippen molar-refractivity contribution >= 4 is 39.0 Å². The molecule has 0 bridgehead atoms. The van der Waals surface area contributed by atoms with Gasteiger partial charge in [-0.15, -0.1) is 0 Å². The summed E-state index contributed by atoms with van der Waals surface area (Å²) < 4.78 is 0. The van der Waals surface area contributed by atoms with Gasteiger partial charge in [0.1, 0.15) is 15.4 Å². The summed E-state index contributed by atoms with van der Waals surface area (Å²) in [6.45, 7) is 0. The lowest BCUT2D eigenvalue weighted by Crippen LogP contribution is -1.88. The quantitative estimate of drug-likeness (QED) is 0.681. The van der Waals surface area contributed by atoms with E-state index >= 15 is 0 Å². The smallest absolute Gasteiger partial charge is 0.143 e. The SMILES string of the molecule is Nc1ccc(Cl)cc1-c1nc2cccnc2s1. The number of halogens is 1. The van der Waals surface area contributed by atoms with Gasteiger partial charge in [-0.2, -0.15) is 0 Å². The second-order valence-corrected chi connectivity index (χ2v) is 4.99. The van der Waals surface area contributed by atoms with Crippen LogP contribution in [0.4, 0.5) is 5.69 Å². The second-order valence-electron chi connectivity index (χ2n) is 3.58. The van der Waals surface area contributed by atoms with Crippen molar-refractivity contribution in [2.24, 2.45) is 0 Å². The van der Waals surface area contributed by atoms with Crippen molar-refractivity contribution in [2.45, 2.75) is 0 Å². The van der Waals surface area contributed by atoms with E-state index in [-0.39, 0.29) is 0 Å². The summed E-state index contributed by atoms with van der Waals surface area (Å²) in [6, 6.07) is 9.19. The largest absolute Gasteiger partial charge is 0.398 e. The Morgan fingerprint density at radius 3 is 2.94 bits per heavy atom. The first-order chi connectivity index (χ1) is 8.24. The molecule has 3 rings (SSSR count). The summed E-state index contributed by atoms with van der Waals surface area (Å²) in [4.78, 5) is 9.67. The molecule has 0 radical (unpaired) electrons. The van der Waals surface area contributed by atoms with Crippen molar-refractivity contribution in [3.8, 4) is 10.6 Å². The van der Waals surface area contributed by atoms with E-state index in [1.165, 1.54) is 11.3 Å². The van der Waals surface area contributed by atoms with Crippen LogP contribution in [-0.4, -0.2) is 9.97 Å². The fraction of sp³-hybridized carbons (Fsp3) is 0. The van der Waals surface area contributed by atoms with Gasteiger partial charge in [0, 0.05) is 22.5 Å². The third kappa shape index (κ3) is 1.85. The van der Waals surface area contributed by atoms with Crippen molar-refractivity contribution in [1.29, 1.82) is 0 Å². The predicted octanol–water partition coefficient (Wildman–Crippen LogP) is 3.59. The van der Waals surface area contributed by atoms with E-state index in [1.807, 2.05) is 18.2 Å². The Morgan fingerprint density at radius 2 is 2.12 bits per heavy atom. The van der Waals surface area contributed by atoms with Crippen LogP contribution in [0.1, 0.15) is 0 Å². The first-order valence-corrected chi connectivity index (χ1v) is 6.20. The standard InChI is InChI=1S/C12H8ClN3S/c13-7-3-4-9(14)8(6-7)11-16-10-2-1-5-15-12(10)17-11/h1-6H,14H2. The van der Waals surface area contributed by atoms with Crippen LogP contribution >= 0.6 is 22.9 Å². The summed E-state index contributed by atoms with van der Waals surface area (Å²) >= 11 is 7.48. The number of thiazole rings is 1. The molecule has 0 atom stereocenters. The highest BCUT2D eigenvalue weighted by Gasteiger charge is 2.09. The molecule has 0 saturated heterocycles. The van der Waals surface area contributed by atoms with Gasteiger partial charge in [-0.25, -0.2) is 9.97 Å². The number of aromatic nitrogens is 2. The third-order valence-corrected chi connectivity index (χ3v) is 3.66. The van der Waals surface area contributed by atoms with Crippen LogP contribution in [0.2, 0.25) is 5.02 Å². The molecule has 0 fully saturated rings. The zero-order valence-corrected chi connectivity index (χ0v) is 10.3. The van der Waals surface area contributed by atoms with Gasteiger partial charge in [-0.1, -0.05) is 22.9 Å². The Kier molecular flexibility index (Phi) is 2.46. The molecule has 5 heteroatoms. The number of nitrogen functional groups attached to an aromatic ring is 1. The molecule has 0 spiro atoms. The first kappa shape index (κ1) is 10.5. The van der Waals surface area contributed by atoms with Crippen LogP contribution in [0, 0.1) is 0 Å². The molecule has 84 valence electrons. The topological polar surface area (TPSA) is 51.8 Å². The maximum atomic E-state index is 5.97. The lowest BCUT2D eigenvalue weighted by molar-refractivity contribution is 1.41. The molecule has 1 aromatic carbocycles. The molecule has 2 N–H and O–H groups in total. The molecule has 0 amide bonds. The highest BCUT2D eigenvalue weighted by molar-refractivity contribution is 7.21. The van der Waals surface area contributed by atoms with E-state index in [0.29, 0.717) is 10.7 Å². The predicted molar refractivity (Wildman–Crippen MR) is 72.3 cm³/mol. The maximum Gasteiger partial charge on any atom is 0.143 e. The minimum atomic E-state index is 0.654. The fourth-order valence-electron chi connectivity index (χ4n) is 1.60. The minimum Gasteiger partial charge on any atom is -0.398 e. The third-order valence-electron chi connectivity index (χ3n) is 2.41. The van der Waals surface area contributed by atoms with Gasteiger partial charge in [0.2, 0.25) is 0 Å². The van der Waals surface area contributed by atoms with E-state index in [4.69, 9.17) is 17.3 Å².